The maximum atomic E-state index is 10.4. The summed E-state index contributed by atoms with van der Waals surface area (Å²) in [5, 5.41) is 17.4. The average Bonchev–Trinajstić information content (AvgIpc) is 1.94. The molecule has 0 atom stereocenters. The number of aromatic carboxylic acids is 1. The number of carbonyl (C=O) groups is 1. The normalized spacial score (nSPS) is 9.45. The van der Waals surface area contributed by atoms with Gasteiger partial charge in [-0.25, -0.2) is 4.79 Å². The summed E-state index contributed by atoms with van der Waals surface area (Å²) in [7, 11) is 0. The number of anilines is 1. The largest absolute Gasteiger partial charge is 0.507 e. The van der Waals surface area contributed by atoms with E-state index in [1.165, 1.54) is 18.2 Å². The number of benzene rings is 1. The summed E-state index contributed by atoms with van der Waals surface area (Å²) in [6.07, 6.45) is 0. The highest BCUT2D eigenvalue weighted by Crippen LogP contribution is 2.18. The lowest BCUT2D eigenvalue weighted by molar-refractivity contribution is 0.0694. The standard InChI is InChI=1S/C7H7NO3/c8-4-1-2-6(9)5(3-4)7(10)11/h1-3,9H,8H2,(H,10,11)/i1+1,2+1,3+1,4+1,5+1,6+1. The molecule has 0 aliphatic heterocycles. The molecule has 1 aromatic rings. The van der Waals surface area contributed by atoms with Gasteiger partial charge < -0.3 is 15.9 Å². The number of aromatic hydroxyl groups is 1. The van der Waals surface area contributed by atoms with Crippen LogP contribution >= 0.6 is 0 Å². The fourth-order valence-electron chi connectivity index (χ4n) is 0.725. The van der Waals surface area contributed by atoms with Crippen LogP contribution in [0.1, 0.15) is 10.4 Å². The average molecular weight is 159 g/mol. The van der Waals surface area contributed by atoms with Crippen LogP contribution in [-0.4, -0.2) is 16.2 Å². The first-order chi connectivity index (χ1) is 5.11. The first-order valence-electron chi connectivity index (χ1n) is 2.93. The van der Waals surface area contributed by atoms with Crippen molar-refractivity contribution in [2.45, 2.75) is 0 Å². The van der Waals surface area contributed by atoms with Gasteiger partial charge in [-0.05, 0) is 18.2 Å². The van der Waals surface area contributed by atoms with Gasteiger partial charge in [0.1, 0.15) is 11.3 Å². The summed E-state index contributed by atoms with van der Waals surface area (Å²) in [4.78, 5) is 10.4. The van der Waals surface area contributed by atoms with E-state index in [1.54, 1.807) is 0 Å². The highest BCUT2D eigenvalue weighted by molar-refractivity contribution is 5.91. The molecule has 4 nitrogen and oxygen atoms in total. The Morgan fingerprint density at radius 3 is 2.55 bits per heavy atom. The summed E-state index contributed by atoms with van der Waals surface area (Å²) in [5.74, 6) is -1.46. The maximum absolute atomic E-state index is 10.4. The molecule has 0 aliphatic rings. The van der Waals surface area contributed by atoms with E-state index >= 15 is 0 Å². The summed E-state index contributed by atoms with van der Waals surface area (Å²) in [5.41, 5.74) is 5.43. The van der Waals surface area contributed by atoms with Crippen LogP contribution in [0.2, 0.25) is 0 Å². The van der Waals surface area contributed by atoms with Crippen LogP contribution in [0.4, 0.5) is 5.69 Å². The van der Waals surface area contributed by atoms with Crippen molar-refractivity contribution in [1.82, 2.24) is 0 Å². The quantitative estimate of drug-likeness (QED) is 0.415. The monoisotopic (exact) mass is 159 g/mol. The Morgan fingerprint density at radius 2 is 2.09 bits per heavy atom. The molecular weight excluding hydrogens is 152 g/mol. The molecule has 4 N–H and O–H groups in total. The first-order valence-corrected chi connectivity index (χ1v) is 2.93. The van der Waals surface area contributed by atoms with Crippen LogP contribution in [0, 0.1) is 0 Å². The molecule has 0 spiro atoms. The van der Waals surface area contributed by atoms with E-state index in [-0.39, 0.29) is 11.3 Å². The molecule has 0 saturated carbocycles. The number of carboxylic acid groups (broad SMARTS) is 1. The summed E-state index contributed by atoms with van der Waals surface area (Å²) in [6, 6.07) is 3.89. The van der Waals surface area contributed by atoms with Crippen LogP contribution in [0.3, 0.4) is 0 Å². The molecule has 0 unspecified atom stereocenters. The number of nitrogen functional groups attached to an aromatic ring is 1. The van der Waals surface area contributed by atoms with Crippen molar-refractivity contribution in [2.24, 2.45) is 0 Å². The van der Waals surface area contributed by atoms with E-state index < -0.39 is 5.97 Å². The van der Waals surface area contributed by atoms with Crippen LogP contribution in [0.25, 0.3) is 0 Å². The molecule has 0 amide bonds. The molecular formula is C7H7NO3. The lowest BCUT2D eigenvalue weighted by Crippen LogP contribution is -1.97. The van der Waals surface area contributed by atoms with E-state index in [4.69, 9.17) is 15.9 Å². The molecule has 1 aromatic carbocycles. The fourth-order valence-corrected chi connectivity index (χ4v) is 0.725. The lowest BCUT2D eigenvalue weighted by atomic mass is 10.9. The predicted molar refractivity (Wildman–Crippen MR) is 39.5 cm³/mol. The Morgan fingerprint density at radius 1 is 1.45 bits per heavy atom. The summed E-state index contributed by atoms with van der Waals surface area (Å²) < 4.78 is 0. The molecule has 58 valence electrons. The Balaban J connectivity index is 3.23. The third kappa shape index (κ3) is 1.40. The zero-order valence-electron chi connectivity index (χ0n) is 5.61. The van der Waals surface area contributed by atoms with Crippen molar-refractivity contribution in [2.75, 3.05) is 5.73 Å². The third-order valence-corrected chi connectivity index (χ3v) is 1.25. The van der Waals surface area contributed by atoms with Crippen LogP contribution in [0.15, 0.2) is 18.2 Å². The molecule has 4 heteroatoms. The number of hydrogen-bond acceptors (Lipinski definition) is 3. The molecule has 0 fully saturated rings. The van der Waals surface area contributed by atoms with Gasteiger partial charge in [-0.15, -0.1) is 0 Å². The second-order valence-corrected chi connectivity index (χ2v) is 2.08. The Labute approximate surface area is 62.9 Å². The lowest BCUT2D eigenvalue weighted by Gasteiger charge is -1.98. The van der Waals surface area contributed by atoms with Crippen LogP contribution < -0.4 is 5.73 Å². The summed E-state index contributed by atoms with van der Waals surface area (Å²) in [6.45, 7) is 0. The highest BCUT2D eigenvalue weighted by Gasteiger charge is 2.08. The van der Waals surface area contributed by atoms with Gasteiger partial charge in [0.05, 0.1) is 0 Å². The van der Waals surface area contributed by atoms with Gasteiger partial charge in [0.15, 0.2) is 0 Å². The minimum absolute atomic E-state index is 0.176. The molecule has 0 heterocycles. The van der Waals surface area contributed by atoms with Crippen molar-refractivity contribution in [3.8, 4) is 5.75 Å². The van der Waals surface area contributed by atoms with Gasteiger partial charge >= 0.3 is 5.97 Å². The topological polar surface area (TPSA) is 83.5 Å². The predicted octanol–water partition coefficient (Wildman–Crippen LogP) is 0.673. The van der Waals surface area contributed by atoms with E-state index in [2.05, 4.69) is 0 Å². The Kier molecular flexibility index (Phi) is 1.68. The second-order valence-electron chi connectivity index (χ2n) is 2.08. The Bertz CT molecular complexity index is 296. The molecule has 0 saturated heterocycles. The molecule has 0 bridgehead atoms. The zero-order valence-corrected chi connectivity index (χ0v) is 5.61. The summed E-state index contributed by atoms with van der Waals surface area (Å²) >= 11 is 0. The number of hydrogen-bond donors (Lipinski definition) is 3. The van der Waals surface area contributed by atoms with Gasteiger partial charge in [-0.3, -0.25) is 0 Å². The van der Waals surface area contributed by atoms with Crippen molar-refractivity contribution in [3.05, 3.63) is 23.8 Å². The number of phenols is 1. The van der Waals surface area contributed by atoms with Gasteiger partial charge in [-0.1, -0.05) is 0 Å². The maximum Gasteiger partial charge on any atom is 0.339 e. The van der Waals surface area contributed by atoms with Gasteiger partial charge in [0.2, 0.25) is 0 Å². The number of nitrogens with two attached hydrogens (primary N) is 1. The van der Waals surface area contributed by atoms with Crippen molar-refractivity contribution in [3.63, 3.8) is 0 Å². The smallest absolute Gasteiger partial charge is 0.339 e. The van der Waals surface area contributed by atoms with Gasteiger partial charge in [0.25, 0.3) is 0 Å². The molecule has 0 aromatic heterocycles. The first kappa shape index (κ1) is 7.40. The van der Waals surface area contributed by atoms with Crippen molar-refractivity contribution >= 4 is 11.7 Å². The van der Waals surface area contributed by atoms with Crippen molar-refractivity contribution < 1.29 is 15.0 Å². The molecule has 1 rings (SSSR count). The second kappa shape index (κ2) is 2.49. The Hall–Kier alpha value is -1.71. The molecule has 0 aliphatic carbocycles. The minimum Gasteiger partial charge on any atom is -0.507 e. The minimum atomic E-state index is -1.19. The van der Waals surface area contributed by atoms with Gasteiger partial charge in [-0.2, -0.15) is 0 Å². The van der Waals surface area contributed by atoms with E-state index in [0.29, 0.717) is 5.69 Å². The van der Waals surface area contributed by atoms with E-state index in [0.717, 1.165) is 0 Å². The number of rotatable bonds is 1. The SMILES string of the molecule is N[13c]1[13cH][13cH][13c](O)[13c](C(=O)O)[13cH]1. The van der Waals surface area contributed by atoms with E-state index in [9.17, 15) is 4.79 Å². The highest BCUT2D eigenvalue weighted by atomic mass is 16.4. The molecule has 11 heavy (non-hydrogen) atoms. The third-order valence-electron chi connectivity index (χ3n) is 1.25. The van der Waals surface area contributed by atoms with Gasteiger partial charge in [0, 0.05) is 5.69 Å². The van der Waals surface area contributed by atoms with Crippen molar-refractivity contribution in [1.29, 1.82) is 0 Å². The van der Waals surface area contributed by atoms with Crippen LogP contribution in [0.5, 0.6) is 5.75 Å². The fraction of sp³-hybridized carbons (Fsp3) is 0. The molecule has 0 radical (unpaired) electrons. The van der Waals surface area contributed by atoms with Crippen LogP contribution in [-0.2, 0) is 0 Å². The van der Waals surface area contributed by atoms with E-state index in [1.807, 2.05) is 0 Å². The number of carboxylic acids is 1. The zero-order chi connectivity index (χ0) is 8.43.